The highest BCUT2D eigenvalue weighted by molar-refractivity contribution is 5.74. The van der Waals surface area contributed by atoms with Crippen LogP contribution in [0.5, 0.6) is 0 Å². The molecule has 3 rings (SSSR count). The third-order valence-electron chi connectivity index (χ3n) is 2.04. The second kappa shape index (κ2) is 4.41. The van der Waals surface area contributed by atoms with Gasteiger partial charge in [-0.25, -0.2) is 9.97 Å². The van der Waals surface area contributed by atoms with Crippen molar-refractivity contribution in [2.45, 2.75) is 0 Å². The van der Waals surface area contributed by atoms with Gasteiger partial charge in [0.25, 0.3) is 0 Å². The van der Waals surface area contributed by atoms with Gasteiger partial charge in [-0.3, -0.25) is 0 Å². The lowest BCUT2D eigenvalue weighted by Crippen LogP contribution is -1.81. The van der Waals surface area contributed by atoms with Crippen molar-refractivity contribution in [3.63, 3.8) is 0 Å². The van der Waals surface area contributed by atoms with Gasteiger partial charge in [0, 0.05) is 19.4 Å². The number of aromatic nitrogens is 4. The van der Waals surface area contributed by atoms with Gasteiger partial charge in [-0.05, 0) is 12.1 Å². The van der Waals surface area contributed by atoms with E-state index in [0.717, 1.165) is 5.52 Å². The molecule has 0 unspecified atom stereocenters. The first kappa shape index (κ1) is 9.45. The van der Waals surface area contributed by atoms with Crippen LogP contribution in [0, 0.1) is 0 Å². The van der Waals surface area contributed by atoms with E-state index in [-0.39, 0.29) is 0 Å². The van der Waals surface area contributed by atoms with Crippen LogP contribution in [-0.4, -0.2) is 19.5 Å². The zero-order valence-corrected chi connectivity index (χ0v) is 8.46. The molecule has 2 heterocycles. The Bertz CT molecular complexity index is 493. The molecule has 0 aliphatic rings. The summed E-state index contributed by atoms with van der Waals surface area (Å²) in [6, 6.07) is 8.08. The van der Waals surface area contributed by atoms with Crippen LogP contribution >= 0.6 is 0 Å². The van der Waals surface area contributed by atoms with E-state index in [1.54, 1.807) is 18.7 Å². The van der Waals surface area contributed by atoms with Crippen molar-refractivity contribution < 1.29 is 0 Å². The van der Waals surface area contributed by atoms with Crippen molar-refractivity contribution in [1.82, 2.24) is 19.5 Å². The van der Waals surface area contributed by atoms with Gasteiger partial charge in [0.15, 0.2) is 0 Å². The smallest absolute Gasteiger partial charge is 0.0955 e. The molecule has 76 valence electrons. The Morgan fingerprint density at radius 2 is 2.13 bits per heavy atom. The molecule has 3 aromatic rings. The Labute approximate surface area is 87.6 Å². The Hall–Kier alpha value is -2.10. The van der Waals surface area contributed by atoms with Crippen LogP contribution in [0.1, 0.15) is 0 Å². The van der Waals surface area contributed by atoms with E-state index >= 15 is 0 Å². The highest BCUT2D eigenvalue weighted by Gasteiger charge is 1.93. The summed E-state index contributed by atoms with van der Waals surface area (Å²) in [5.41, 5.74) is 2.24. The number of aryl methyl sites for hydroxylation is 1. The quantitative estimate of drug-likeness (QED) is 0.603. The summed E-state index contributed by atoms with van der Waals surface area (Å²) >= 11 is 0. The second-order valence-electron chi connectivity index (χ2n) is 3.10. The Morgan fingerprint density at radius 1 is 1.27 bits per heavy atom. The zero-order valence-electron chi connectivity index (χ0n) is 8.46. The molecular formula is C11H12N4. The lowest BCUT2D eigenvalue weighted by Gasteiger charge is -1.90. The normalized spacial score (nSPS) is 9.67. The number of H-pyrrole nitrogens is 1. The monoisotopic (exact) mass is 200 g/mol. The minimum atomic E-state index is 1.06. The van der Waals surface area contributed by atoms with E-state index in [4.69, 9.17) is 0 Å². The minimum Gasteiger partial charge on any atom is -0.351 e. The lowest BCUT2D eigenvalue weighted by atomic mass is 10.3. The fourth-order valence-corrected chi connectivity index (χ4v) is 1.30. The van der Waals surface area contributed by atoms with Crippen LogP contribution in [0.15, 0.2) is 49.3 Å². The van der Waals surface area contributed by atoms with Gasteiger partial charge >= 0.3 is 0 Å². The van der Waals surface area contributed by atoms with Crippen molar-refractivity contribution in [3.8, 4) is 0 Å². The third-order valence-corrected chi connectivity index (χ3v) is 2.04. The number of rotatable bonds is 0. The lowest BCUT2D eigenvalue weighted by molar-refractivity contribution is 0.948. The van der Waals surface area contributed by atoms with Gasteiger partial charge in [0.05, 0.1) is 23.7 Å². The number of para-hydroxylation sites is 2. The number of hydrogen-bond acceptors (Lipinski definition) is 2. The molecule has 1 aromatic carbocycles. The van der Waals surface area contributed by atoms with Crippen molar-refractivity contribution in [2.24, 2.45) is 7.05 Å². The third kappa shape index (κ3) is 2.22. The van der Waals surface area contributed by atoms with Gasteiger partial charge in [-0.2, -0.15) is 0 Å². The number of aromatic amines is 1. The molecule has 2 aromatic heterocycles. The van der Waals surface area contributed by atoms with Gasteiger partial charge < -0.3 is 9.55 Å². The summed E-state index contributed by atoms with van der Waals surface area (Å²) < 4.78 is 2.01. The molecule has 0 bridgehead atoms. The first-order valence-corrected chi connectivity index (χ1v) is 4.67. The molecule has 0 radical (unpaired) electrons. The first-order valence-electron chi connectivity index (χ1n) is 4.67. The molecule has 15 heavy (non-hydrogen) atoms. The fraction of sp³-hybridized carbons (Fsp3) is 0.0909. The molecule has 1 N–H and O–H groups in total. The SMILES string of the molecule is Cn1cnc2ccccc21.c1c[nH]cn1. The molecule has 0 fully saturated rings. The molecule has 0 saturated heterocycles. The predicted molar refractivity (Wildman–Crippen MR) is 59.3 cm³/mol. The van der Waals surface area contributed by atoms with Crippen LogP contribution in [0.4, 0.5) is 0 Å². The zero-order chi connectivity index (χ0) is 10.5. The topological polar surface area (TPSA) is 46.5 Å². The summed E-state index contributed by atoms with van der Waals surface area (Å²) in [7, 11) is 2.00. The van der Waals surface area contributed by atoms with Gasteiger partial charge in [0.1, 0.15) is 0 Å². The van der Waals surface area contributed by atoms with E-state index in [1.807, 2.05) is 36.1 Å². The van der Waals surface area contributed by atoms with Crippen molar-refractivity contribution in [3.05, 3.63) is 49.3 Å². The van der Waals surface area contributed by atoms with E-state index in [0.29, 0.717) is 0 Å². The Balaban J connectivity index is 0.000000144. The largest absolute Gasteiger partial charge is 0.351 e. The van der Waals surface area contributed by atoms with E-state index < -0.39 is 0 Å². The van der Waals surface area contributed by atoms with Crippen LogP contribution < -0.4 is 0 Å². The molecule has 0 aliphatic carbocycles. The maximum absolute atomic E-state index is 4.18. The van der Waals surface area contributed by atoms with Crippen molar-refractivity contribution >= 4 is 11.0 Å². The molecule has 0 spiro atoms. The number of imidazole rings is 2. The van der Waals surface area contributed by atoms with Crippen molar-refractivity contribution in [1.29, 1.82) is 0 Å². The molecule has 0 aliphatic heterocycles. The predicted octanol–water partition coefficient (Wildman–Crippen LogP) is 1.98. The van der Waals surface area contributed by atoms with E-state index in [2.05, 4.69) is 21.0 Å². The molecule has 0 saturated carbocycles. The van der Waals surface area contributed by atoms with Crippen LogP contribution in [0.25, 0.3) is 11.0 Å². The standard InChI is InChI=1S/C8H8N2.C3H4N2/c1-10-6-9-7-4-2-3-5-8(7)10;1-2-5-3-4-1/h2-6H,1H3;1-3H,(H,4,5). The highest BCUT2D eigenvalue weighted by atomic mass is 15.0. The molecule has 4 nitrogen and oxygen atoms in total. The first-order chi connectivity index (χ1) is 7.38. The fourth-order valence-electron chi connectivity index (χ4n) is 1.30. The van der Waals surface area contributed by atoms with E-state index in [9.17, 15) is 0 Å². The van der Waals surface area contributed by atoms with Crippen LogP contribution in [0.3, 0.4) is 0 Å². The van der Waals surface area contributed by atoms with Crippen LogP contribution in [0.2, 0.25) is 0 Å². The number of nitrogens with one attached hydrogen (secondary N) is 1. The highest BCUT2D eigenvalue weighted by Crippen LogP contribution is 2.08. The average Bonchev–Trinajstić information content (AvgIpc) is 2.92. The van der Waals surface area contributed by atoms with Crippen LogP contribution in [-0.2, 0) is 7.05 Å². The second-order valence-corrected chi connectivity index (χ2v) is 3.10. The molecular weight excluding hydrogens is 188 g/mol. The summed E-state index contributed by atoms with van der Waals surface area (Å²) in [5.74, 6) is 0. The Kier molecular flexibility index (Phi) is 2.78. The number of benzene rings is 1. The maximum Gasteiger partial charge on any atom is 0.0955 e. The van der Waals surface area contributed by atoms with Gasteiger partial charge in [0.2, 0.25) is 0 Å². The Morgan fingerprint density at radius 3 is 2.73 bits per heavy atom. The molecule has 4 heteroatoms. The summed E-state index contributed by atoms with van der Waals surface area (Å²) in [6.07, 6.45) is 6.91. The van der Waals surface area contributed by atoms with Gasteiger partial charge in [-0.15, -0.1) is 0 Å². The summed E-state index contributed by atoms with van der Waals surface area (Å²) in [5, 5.41) is 0. The molecule has 0 amide bonds. The summed E-state index contributed by atoms with van der Waals surface area (Å²) in [4.78, 5) is 10.6. The number of hydrogen-bond donors (Lipinski definition) is 1. The molecule has 0 atom stereocenters. The number of nitrogens with zero attached hydrogens (tertiary/aromatic N) is 3. The van der Waals surface area contributed by atoms with Gasteiger partial charge in [-0.1, -0.05) is 12.1 Å². The van der Waals surface area contributed by atoms with Crippen molar-refractivity contribution in [2.75, 3.05) is 0 Å². The maximum atomic E-state index is 4.18. The van der Waals surface area contributed by atoms with E-state index in [1.165, 1.54) is 5.52 Å². The number of fused-ring (bicyclic) bond motifs is 1. The summed E-state index contributed by atoms with van der Waals surface area (Å²) in [6.45, 7) is 0. The average molecular weight is 200 g/mol. The minimum absolute atomic E-state index is 1.06.